The number of benzene rings is 1. The molecule has 0 spiro atoms. The Hall–Kier alpha value is -2.08. The summed E-state index contributed by atoms with van der Waals surface area (Å²) in [7, 11) is 0. The van der Waals surface area contributed by atoms with Crippen LogP contribution in [0.5, 0.6) is 0 Å². The third-order valence-corrected chi connectivity index (χ3v) is 3.88. The van der Waals surface area contributed by atoms with Crippen molar-refractivity contribution in [2.75, 3.05) is 5.73 Å². The van der Waals surface area contributed by atoms with Gasteiger partial charge in [0.25, 0.3) is 5.69 Å². The normalized spacial score (nSPS) is 14.1. The molecule has 1 aliphatic carbocycles. The van der Waals surface area contributed by atoms with Crippen molar-refractivity contribution in [2.24, 2.45) is 0 Å². The Morgan fingerprint density at radius 1 is 1.35 bits per heavy atom. The van der Waals surface area contributed by atoms with Crippen LogP contribution < -0.4 is 5.73 Å². The van der Waals surface area contributed by atoms with Crippen molar-refractivity contribution < 1.29 is 4.92 Å². The van der Waals surface area contributed by atoms with Crippen LogP contribution >= 0.6 is 11.6 Å². The highest BCUT2D eigenvalue weighted by atomic mass is 35.5. The fraction of sp³-hybridized carbons (Fsp3) is 0.308. The van der Waals surface area contributed by atoms with Crippen molar-refractivity contribution in [3.63, 3.8) is 0 Å². The highest BCUT2D eigenvalue weighted by Crippen LogP contribution is 2.32. The van der Waals surface area contributed by atoms with E-state index < -0.39 is 4.92 Å². The van der Waals surface area contributed by atoms with Crippen LogP contribution in [0, 0.1) is 10.1 Å². The van der Waals surface area contributed by atoms with E-state index in [0.717, 1.165) is 36.9 Å². The monoisotopic (exact) mass is 292 g/mol. The molecule has 0 amide bonds. The van der Waals surface area contributed by atoms with Crippen LogP contribution in [0.3, 0.4) is 0 Å². The van der Waals surface area contributed by atoms with Gasteiger partial charge in [-0.15, -0.1) is 0 Å². The van der Waals surface area contributed by atoms with E-state index in [0.29, 0.717) is 16.5 Å². The fourth-order valence-electron chi connectivity index (χ4n) is 2.61. The van der Waals surface area contributed by atoms with Gasteiger partial charge in [0, 0.05) is 23.4 Å². The minimum atomic E-state index is -0.470. The summed E-state index contributed by atoms with van der Waals surface area (Å²) in [6.07, 6.45) is 4.01. The van der Waals surface area contributed by atoms with E-state index in [9.17, 15) is 10.1 Å². The second-order valence-electron chi connectivity index (χ2n) is 4.82. The quantitative estimate of drug-likeness (QED) is 0.681. The zero-order valence-electron chi connectivity index (χ0n) is 10.7. The van der Waals surface area contributed by atoms with Crippen molar-refractivity contribution >= 4 is 23.1 Å². The number of nitrogens with two attached hydrogens (primary N) is 1. The summed E-state index contributed by atoms with van der Waals surface area (Å²) in [5, 5.41) is 15.4. The molecule has 0 fully saturated rings. The fourth-order valence-corrected chi connectivity index (χ4v) is 2.86. The van der Waals surface area contributed by atoms with Crippen LogP contribution in [-0.4, -0.2) is 14.7 Å². The van der Waals surface area contributed by atoms with Crippen LogP contribution in [0.25, 0.3) is 5.69 Å². The predicted octanol–water partition coefficient (Wildman–Crippen LogP) is 2.89. The Bertz CT molecular complexity index is 696. The minimum Gasteiger partial charge on any atom is -0.382 e. The zero-order chi connectivity index (χ0) is 14.3. The second kappa shape index (κ2) is 4.79. The maximum absolute atomic E-state index is 10.7. The average Bonchev–Trinajstić information content (AvgIpc) is 2.76. The predicted molar refractivity (Wildman–Crippen MR) is 76.3 cm³/mol. The van der Waals surface area contributed by atoms with Gasteiger partial charge in [-0.05, 0) is 31.7 Å². The molecule has 0 atom stereocenters. The lowest BCUT2D eigenvalue weighted by atomic mass is 9.97. The van der Waals surface area contributed by atoms with Gasteiger partial charge < -0.3 is 5.73 Å². The number of hydrogen-bond acceptors (Lipinski definition) is 4. The molecule has 0 unspecified atom stereocenters. The number of nitrogens with zero attached hydrogens (tertiary/aromatic N) is 3. The van der Waals surface area contributed by atoms with Gasteiger partial charge in [0.2, 0.25) is 0 Å². The molecule has 7 heteroatoms. The summed E-state index contributed by atoms with van der Waals surface area (Å²) in [5.41, 5.74) is 8.68. The third-order valence-electron chi connectivity index (χ3n) is 3.58. The van der Waals surface area contributed by atoms with E-state index in [1.807, 2.05) is 0 Å². The highest BCUT2D eigenvalue weighted by molar-refractivity contribution is 6.32. The molecule has 2 aromatic rings. The van der Waals surface area contributed by atoms with Crippen LogP contribution in [0.15, 0.2) is 18.2 Å². The highest BCUT2D eigenvalue weighted by Gasteiger charge is 2.21. The molecular weight excluding hydrogens is 280 g/mol. The van der Waals surface area contributed by atoms with E-state index in [1.165, 1.54) is 12.1 Å². The molecule has 1 aromatic carbocycles. The lowest BCUT2D eigenvalue weighted by Crippen LogP contribution is -2.08. The number of nitrogen functional groups attached to an aromatic ring is 1. The van der Waals surface area contributed by atoms with Gasteiger partial charge in [-0.25, -0.2) is 4.68 Å². The van der Waals surface area contributed by atoms with Gasteiger partial charge >= 0.3 is 0 Å². The van der Waals surface area contributed by atoms with Crippen LogP contribution in [-0.2, 0) is 12.8 Å². The molecule has 3 rings (SSSR count). The summed E-state index contributed by atoms with van der Waals surface area (Å²) < 4.78 is 1.72. The smallest absolute Gasteiger partial charge is 0.271 e. The van der Waals surface area contributed by atoms with Crippen LogP contribution in [0.4, 0.5) is 11.5 Å². The zero-order valence-corrected chi connectivity index (χ0v) is 11.4. The molecule has 0 aliphatic heterocycles. The number of anilines is 1. The molecule has 1 aromatic heterocycles. The van der Waals surface area contributed by atoms with E-state index >= 15 is 0 Å². The van der Waals surface area contributed by atoms with Crippen LogP contribution in [0.1, 0.15) is 24.1 Å². The van der Waals surface area contributed by atoms with E-state index in [1.54, 1.807) is 10.7 Å². The lowest BCUT2D eigenvalue weighted by Gasteiger charge is -2.14. The molecule has 0 bridgehead atoms. The number of halogens is 1. The van der Waals surface area contributed by atoms with Crippen molar-refractivity contribution in [3.05, 3.63) is 44.6 Å². The van der Waals surface area contributed by atoms with E-state index in [4.69, 9.17) is 17.3 Å². The Kier molecular flexibility index (Phi) is 3.10. The molecular formula is C13H13ClN4O2. The molecule has 0 saturated heterocycles. The molecule has 104 valence electrons. The van der Waals surface area contributed by atoms with Gasteiger partial charge in [0.05, 0.1) is 15.6 Å². The van der Waals surface area contributed by atoms with Gasteiger partial charge in [-0.3, -0.25) is 10.1 Å². The molecule has 0 radical (unpaired) electrons. The topological polar surface area (TPSA) is 87.0 Å². The minimum absolute atomic E-state index is 0.0345. The molecule has 20 heavy (non-hydrogen) atoms. The molecule has 1 heterocycles. The Morgan fingerprint density at radius 2 is 2.10 bits per heavy atom. The number of non-ortho nitro benzene ring substituents is 1. The first-order valence-corrected chi connectivity index (χ1v) is 6.76. The number of rotatable bonds is 2. The van der Waals surface area contributed by atoms with Crippen molar-refractivity contribution in [3.8, 4) is 5.69 Å². The Morgan fingerprint density at radius 3 is 2.80 bits per heavy atom. The van der Waals surface area contributed by atoms with Crippen LogP contribution in [0.2, 0.25) is 5.02 Å². The lowest BCUT2D eigenvalue weighted by molar-refractivity contribution is -0.384. The number of fused-ring (bicyclic) bond motifs is 1. The third kappa shape index (κ3) is 2.02. The Balaban J connectivity index is 2.12. The summed E-state index contributed by atoms with van der Waals surface area (Å²) in [4.78, 5) is 10.3. The van der Waals surface area contributed by atoms with Gasteiger partial charge in [0.15, 0.2) is 0 Å². The molecule has 6 nitrogen and oxygen atoms in total. The van der Waals surface area contributed by atoms with Gasteiger partial charge in [-0.2, -0.15) is 5.10 Å². The van der Waals surface area contributed by atoms with E-state index in [-0.39, 0.29) is 5.69 Å². The maximum atomic E-state index is 10.7. The molecule has 2 N–H and O–H groups in total. The van der Waals surface area contributed by atoms with Gasteiger partial charge in [0.1, 0.15) is 5.82 Å². The van der Waals surface area contributed by atoms with E-state index in [2.05, 4.69) is 5.10 Å². The summed E-state index contributed by atoms with van der Waals surface area (Å²) in [6, 6.07) is 4.38. The second-order valence-corrected chi connectivity index (χ2v) is 5.23. The summed E-state index contributed by atoms with van der Waals surface area (Å²) in [5.74, 6) is 0.522. The molecule has 0 saturated carbocycles. The number of nitro benzene ring substituents is 1. The number of aromatic nitrogens is 2. The molecule has 1 aliphatic rings. The van der Waals surface area contributed by atoms with Crippen molar-refractivity contribution in [1.82, 2.24) is 9.78 Å². The SMILES string of the molecule is Nc1nn(-c2ccc([N+](=O)[O-])cc2Cl)c2c1CCCC2. The Labute approximate surface area is 120 Å². The van der Waals surface area contributed by atoms with Crippen molar-refractivity contribution in [1.29, 1.82) is 0 Å². The maximum Gasteiger partial charge on any atom is 0.271 e. The first-order chi connectivity index (χ1) is 9.58. The number of nitro groups is 1. The standard InChI is InChI=1S/C13H13ClN4O2/c14-10-7-8(18(19)20)5-6-12(10)17-11-4-2-1-3-9(11)13(15)16-17/h5-7H,1-4H2,(H2,15,16). The first kappa shape index (κ1) is 12.9. The first-order valence-electron chi connectivity index (χ1n) is 6.38. The summed E-state index contributed by atoms with van der Waals surface area (Å²) in [6.45, 7) is 0. The van der Waals surface area contributed by atoms with Gasteiger partial charge in [-0.1, -0.05) is 11.6 Å². The number of hydrogen-bond donors (Lipinski definition) is 1. The average molecular weight is 293 g/mol. The van der Waals surface area contributed by atoms with Crippen molar-refractivity contribution in [2.45, 2.75) is 25.7 Å². The summed E-state index contributed by atoms with van der Waals surface area (Å²) >= 11 is 6.15. The largest absolute Gasteiger partial charge is 0.382 e.